The number of carbonyl (C=O) groups excluding carboxylic acids is 1. The van der Waals surface area contributed by atoms with Gasteiger partial charge in [0.15, 0.2) is 0 Å². The highest BCUT2D eigenvalue weighted by Crippen LogP contribution is 2.18. The van der Waals surface area contributed by atoms with Crippen molar-refractivity contribution in [3.63, 3.8) is 0 Å². The van der Waals surface area contributed by atoms with E-state index in [1.807, 2.05) is 12.1 Å². The molecule has 3 nitrogen and oxygen atoms in total. The van der Waals surface area contributed by atoms with Crippen molar-refractivity contribution < 1.29 is 9.53 Å². The molecule has 1 atom stereocenters. The van der Waals surface area contributed by atoms with Gasteiger partial charge in [0.2, 0.25) is 0 Å². The number of benzene rings is 1. The molecule has 1 aromatic rings. The van der Waals surface area contributed by atoms with Gasteiger partial charge in [0, 0.05) is 12.1 Å². The van der Waals surface area contributed by atoms with Crippen molar-refractivity contribution in [3.8, 4) is 5.75 Å². The van der Waals surface area contributed by atoms with Gasteiger partial charge < -0.3 is 9.64 Å². The lowest BCUT2D eigenvalue weighted by molar-refractivity contribution is 0.112. The first-order valence-corrected chi connectivity index (χ1v) is 6.18. The Morgan fingerprint density at radius 2 is 2.29 bits per heavy atom. The Bertz CT molecular complexity index is 378. The van der Waals surface area contributed by atoms with Gasteiger partial charge in [0.25, 0.3) is 0 Å². The minimum Gasteiger partial charge on any atom is -0.489 e. The molecule has 0 amide bonds. The van der Waals surface area contributed by atoms with Crippen LogP contribution in [0.2, 0.25) is 0 Å². The number of hydrogen-bond acceptors (Lipinski definition) is 3. The largest absolute Gasteiger partial charge is 0.489 e. The van der Waals surface area contributed by atoms with Crippen LogP contribution in [-0.4, -0.2) is 37.4 Å². The smallest absolute Gasteiger partial charge is 0.150 e. The number of likely N-dealkylation sites (N-methyl/N-ethyl adjacent to an activating group) is 1. The molecule has 1 aliphatic rings. The minimum absolute atomic E-state index is 0.240. The third-order valence-electron chi connectivity index (χ3n) is 3.13. The molecule has 1 unspecified atom stereocenters. The predicted octanol–water partition coefficient (Wildman–Crippen LogP) is 2.36. The molecule has 1 aromatic carbocycles. The molecular formula is C14H19NO2. The molecule has 1 aliphatic heterocycles. The third-order valence-corrected chi connectivity index (χ3v) is 3.13. The van der Waals surface area contributed by atoms with E-state index in [0.29, 0.717) is 5.56 Å². The van der Waals surface area contributed by atoms with Gasteiger partial charge in [-0.15, -0.1) is 0 Å². The van der Waals surface area contributed by atoms with Crippen LogP contribution in [0.1, 0.15) is 29.6 Å². The Labute approximate surface area is 102 Å². The Kier molecular flexibility index (Phi) is 4.15. The zero-order valence-corrected chi connectivity index (χ0v) is 10.3. The molecule has 1 fully saturated rings. The second kappa shape index (κ2) is 5.82. The SMILES string of the molecule is CN1CCCCC(Oc2cccc(C=O)c2)C1. The third kappa shape index (κ3) is 3.56. The molecule has 0 bridgehead atoms. The molecule has 1 saturated heterocycles. The van der Waals surface area contributed by atoms with Crippen LogP contribution in [0.5, 0.6) is 5.75 Å². The van der Waals surface area contributed by atoms with Gasteiger partial charge in [-0.3, -0.25) is 4.79 Å². The Balaban J connectivity index is 2.00. The zero-order valence-electron chi connectivity index (χ0n) is 10.3. The molecule has 92 valence electrons. The van der Waals surface area contributed by atoms with E-state index in [4.69, 9.17) is 4.74 Å². The molecular weight excluding hydrogens is 214 g/mol. The van der Waals surface area contributed by atoms with Crippen molar-refractivity contribution in [2.24, 2.45) is 0 Å². The summed E-state index contributed by atoms with van der Waals surface area (Å²) in [5.74, 6) is 0.801. The Morgan fingerprint density at radius 1 is 1.41 bits per heavy atom. The van der Waals surface area contributed by atoms with Gasteiger partial charge in [0.05, 0.1) is 0 Å². The molecule has 0 aromatic heterocycles. The topological polar surface area (TPSA) is 29.5 Å². The monoisotopic (exact) mass is 233 g/mol. The number of carbonyl (C=O) groups is 1. The highest BCUT2D eigenvalue weighted by molar-refractivity contribution is 5.75. The summed E-state index contributed by atoms with van der Waals surface area (Å²) in [5.41, 5.74) is 0.671. The van der Waals surface area contributed by atoms with Crippen molar-refractivity contribution in [1.29, 1.82) is 0 Å². The van der Waals surface area contributed by atoms with Gasteiger partial charge in [-0.2, -0.15) is 0 Å². The first-order chi connectivity index (χ1) is 8.28. The number of rotatable bonds is 3. The van der Waals surface area contributed by atoms with E-state index < -0.39 is 0 Å². The van der Waals surface area contributed by atoms with Crippen molar-refractivity contribution >= 4 is 6.29 Å². The predicted molar refractivity (Wildman–Crippen MR) is 67.6 cm³/mol. The number of ether oxygens (including phenoxy) is 1. The summed E-state index contributed by atoms with van der Waals surface area (Å²) in [6.45, 7) is 2.11. The summed E-state index contributed by atoms with van der Waals surface area (Å²) < 4.78 is 5.95. The van der Waals surface area contributed by atoms with E-state index in [9.17, 15) is 4.79 Å². The zero-order chi connectivity index (χ0) is 12.1. The molecule has 0 aliphatic carbocycles. The maximum Gasteiger partial charge on any atom is 0.150 e. The lowest BCUT2D eigenvalue weighted by Gasteiger charge is -2.21. The molecule has 1 heterocycles. The minimum atomic E-state index is 0.240. The van der Waals surface area contributed by atoms with Crippen molar-refractivity contribution in [1.82, 2.24) is 4.90 Å². The average Bonchev–Trinajstić information content (AvgIpc) is 2.54. The number of aldehydes is 1. The van der Waals surface area contributed by atoms with E-state index >= 15 is 0 Å². The summed E-state index contributed by atoms with van der Waals surface area (Å²) in [5, 5.41) is 0. The van der Waals surface area contributed by atoms with Gasteiger partial charge in [0.1, 0.15) is 18.1 Å². The van der Waals surface area contributed by atoms with Crippen LogP contribution in [0.4, 0.5) is 0 Å². The average molecular weight is 233 g/mol. The first kappa shape index (κ1) is 12.1. The van der Waals surface area contributed by atoms with E-state index in [1.165, 1.54) is 12.8 Å². The van der Waals surface area contributed by atoms with Crippen LogP contribution in [0, 0.1) is 0 Å². The van der Waals surface area contributed by atoms with Gasteiger partial charge in [-0.05, 0) is 45.0 Å². The van der Waals surface area contributed by atoms with Crippen LogP contribution >= 0.6 is 0 Å². The summed E-state index contributed by atoms with van der Waals surface area (Å²) in [6, 6.07) is 7.37. The van der Waals surface area contributed by atoms with Crippen LogP contribution in [-0.2, 0) is 0 Å². The Hall–Kier alpha value is -1.35. The van der Waals surface area contributed by atoms with E-state index in [-0.39, 0.29) is 6.10 Å². The molecule has 3 heteroatoms. The van der Waals surface area contributed by atoms with E-state index in [1.54, 1.807) is 12.1 Å². The normalized spacial score (nSPS) is 21.8. The van der Waals surface area contributed by atoms with Crippen LogP contribution < -0.4 is 4.74 Å². The van der Waals surface area contributed by atoms with Gasteiger partial charge in [-0.1, -0.05) is 12.1 Å². The fourth-order valence-electron chi connectivity index (χ4n) is 2.23. The highest BCUT2D eigenvalue weighted by atomic mass is 16.5. The molecule has 0 radical (unpaired) electrons. The fraction of sp³-hybridized carbons (Fsp3) is 0.500. The lowest BCUT2D eigenvalue weighted by atomic mass is 10.2. The van der Waals surface area contributed by atoms with Crippen LogP contribution in [0.3, 0.4) is 0 Å². The second-order valence-electron chi connectivity index (χ2n) is 4.69. The Morgan fingerprint density at radius 3 is 3.12 bits per heavy atom. The summed E-state index contributed by atoms with van der Waals surface area (Å²) in [4.78, 5) is 13.0. The fourth-order valence-corrected chi connectivity index (χ4v) is 2.23. The molecule has 2 rings (SSSR count). The van der Waals surface area contributed by atoms with E-state index in [0.717, 1.165) is 31.5 Å². The first-order valence-electron chi connectivity index (χ1n) is 6.18. The quantitative estimate of drug-likeness (QED) is 0.751. The number of likely N-dealkylation sites (tertiary alicyclic amines) is 1. The molecule has 0 N–H and O–H groups in total. The maximum atomic E-state index is 10.7. The van der Waals surface area contributed by atoms with Gasteiger partial charge >= 0.3 is 0 Å². The standard InChI is InChI=1S/C14H19NO2/c1-15-8-3-2-6-14(10-15)17-13-7-4-5-12(9-13)11-16/h4-5,7,9,11,14H,2-3,6,8,10H2,1H3. The summed E-state index contributed by atoms with van der Waals surface area (Å²) in [7, 11) is 2.13. The summed E-state index contributed by atoms with van der Waals surface area (Å²) >= 11 is 0. The molecule has 0 spiro atoms. The number of hydrogen-bond donors (Lipinski definition) is 0. The van der Waals surface area contributed by atoms with Crippen molar-refractivity contribution in [2.45, 2.75) is 25.4 Å². The number of nitrogens with zero attached hydrogens (tertiary/aromatic N) is 1. The lowest BCUT2D eigenvalue weighted by Crippen LogP contribution is -2.31. The highest BCUT2D eigenvalue weighted by Gasteiger charge is 2.16. The van der Waals surface area contributed by atoms with Crippen LogP contribution in [0.15, 0.2) is 24.3 Å². The van der Waals surface area contributed by atoms with Gasteiger partial charge in [-0.25, -0.2) is 0 Å². The van der Waals surface area contributed by atoms with Crippen molar-refractivity contribution in [2.75, 3.05) is 20.1 Å². The van der Waals surface area contributed by atoms with E-state index in [2.05, 4.69) is 11.9 Å². The summed E-state index contributed by atoms with van der Waals surface area (Å²) in [6.07, 6.45) is 4.64. The molecule has 17 heavy (non-hydrogen) atoms. The van der Waals surface area contributed by atoms with Crippen LogP contribution in [0.25, 0.3) is 0 Å². The van der Waals surface area contributed by atoms with Crippen molar-refractivity contribution in [3.05, 3.63) is 29.8 Å². The second-order valence-corrected chi connectivity index (χ2v) is 4.69. The molecule has 0 saturated carbocycles. The maximum absolute atomic E-state index is 10.7.